The van der Waals surface area contributed by atoms with Crippen molar-refractivity contribution in [2.75, 3.05) is 6.54 Å². The van der Waals surface area contributed by atoms with Crippen molar-refractivity contribution in [1.29, 1.82) is 0 Å². The van der Waals surface area contributed by atoms with Crippen LogP contribution in [-0.4, -0.2) is 21.5 Å². The van der Waals surface area contributed by atoms with Crippen LogP contribution < -0.4 is 5.32 Å². The first-order chi connectivity index (χ1) is 9.16. The topological polar surface area (TPSA) is 50.7 Å². The lowest BCUT2D eigenvalue weighted by molar-refractivity contribution is 0.548. The lowest BCUT2D eigenvalue weighted by Crippen LogP contribution is -2.19. The average molecular weight is 256 g/mol. The maximum absolute atomic E-state index is 4.56. The quantitative estimate of drug-likeness (QED) is 0.893. The molecule has 0 fully saturated rings. The highest BCUT2D eigenvalue weighted by molar-refractivity contribution is 5.53. The fraction of sp³-hybridized carbons (Fsp3) is 0.400. The van der Waals surface area contributed by atoms with Gasteiger partial charge in [0.1, 0.15) is 5.69 Å². The van der Waals surface area contributed by atoms with Gasteiger partial charge < -0.3 is 5.32 Å². The number of hydrogen-bond acceptors (Lipinski definition) is 4. The van der Waals surface area contributed by atoms with Gasteiger partial charge in [0.25, 0.3) is 0 Å². The molecular weight excluding hydrogens is 236 g/mol. The monoisotopic (exact) mass is 256 g/mol. The maximum Gasteiger partial charge on any atom is 0.178 e. The molecule has 19 heavy (non-hydrogen) atoms. The van der Waals surface area contributed by atoms with Crippen LogP contribution in [0.15, 0.2) is 30.6 Å². The number of rotatable bonds is 5. The van der Waals surface area contributed by atoms with Crippen molar-refractivity contribution in [1.82, 2.24) is 20.3 Å². The molecule has 0 aliphatic heterocycles. The van der Waals surface area contributed by atoms with E-state index in [0.29, 0.717) is 11.7 Å². The molecule has 0 aliphatic carbocycles. The Kier molecular flexibility index (Phi) is 4.58. The Morgan fingerprint density at radius 2 is 2.00 bits per heavy atom. The van der Waals surface area contributed by atoms with Gasteiger partial charge in [0.05, 0.1) is 5.69 Å². The third-order valence-electron chi connectivity index (χ3n) is 2.79. The van der Waals surface area contributed by atoms with Crippen LogP contribution in [0.5, 0.6) is 0 Å². The van der Waals surface area contributed by atoms with Gasteiger partial charge in [0, 0.05) is 18.9 Å². The molecule has 100 valence electrons. The summed E-state index contributed by atoms with van der Waals surface area (Å²) in [5.74, 6) is 1.33. The SMILES string of the molecule is Cc1cccnc1-c1nccc(CNCC(C)C)n1. The fourth-order valence-electron chi connectivity index (χ4n) is 1.82. The maximum atomic E-state index is 4.56. The molecule has 0 amide bonds. The second kappa shape index (κ2) is 6.38. The first-order valence-electron chi connectivity index (χ1n) is 6.61. The summed E-state index contributed by atoms with van der Waals surface area (Å²) in [4.78, 5) is 13.2. The summed E-state index contributed by atoms with van der Waals surface area (Å²) in [6.45, 7) is 8.15. The molecule has 2 rings (SSSR count). The minimum absolute atomic E-state index is 0.638. The highest BCUT2D eigenvalue weighted by Gasteiger charge is 2.06. The zero-order chi connectivity index (χ0) is 13.7. The average Bonchev–Trinajstić information content (AvgIpc) is 2.39. The molecule has 0 radical (unpaired) electrons. The molecule has 4 heteroatoms. The van der Waals surface area contributed by atoms with Crippen molar-refractivity contribution in [3.63, 3.8) is 0 Å². The molecule has 0 atom stereocenters. The molecule has 0 aromatic carbocycles. The van der Waals surface area contributed by atoms with Crippen molar-refractivity contribution >= 4 is 0 Å². The summed E-state index contributed by atoms with van der Waals surface area (Å²) in [5, 5.41) is 3.38. The Morgan fingerprint density at radius 3 is 2.74 bits per heavy atom. The summed E-state index contributed by atoms with van der Waals surface area (Å²) in [6.07, 6.45) is 3.57. The van der Waals surface area contributed by atoms with Crippen LogP contribution in [-0.2, 0) is 6.54 Å². The van der Waals surface area contributed by atoms with Crippen molar-refractivity contribution in [3.05, 3.63) is 41.9 Å². The van der Waals surface area contributed by atoms with Gasteiger partial charge in [-0.15, -0.1) is 0 Å². The molecule has 0 unspecified atom stereocenters. The molecule has 0 spiro atoms. The van der Waals surface area contributed by atoms with E-state index in [1.54, 1.807) is 12.4 Å². The smallest absolute Gasteiger partial charge is 0.178 e. The van der Waals surface area contributed by atoms with Crippen LogP contribution in [0.3, 0.4) is 0 Å². The number of hydrogen-bond donors (Lipinski definition) is 1. The Hall–Kier alpha value is -1.81. The van der Waals surface area contributed by atoms with Crippen LogP contribution in [0.4, 0.5) is 0 Å². The standard InChI is InChI=1S/C15H20N4/c1-11(2)9-16-10-13-6-8-18-15(19-13)14-12(3)5-4-7-17-14/h4-8,11,16H,9-10H2,1-3H3. The molecular formula is C15H20N4. The number of aromatic nitrogens is 3. The molecule has 2 heterocycles. The Balaban J connectivity index is 2.13. The predicted molar refractivity (Wildman–Crippen MR) is 76.5 cm³/mol. The predicted octanol–water partition coefficient (Wildman–Crippen LogP) is 2.59. The van der Waals surface area contributed by atoms with Gasteiger partial charge in [-0.3, -0.25) is 4.98 Å². The van der Waals surface area contributed by atoms with Gasteiger partial charge in [-0.25, -0.2) is 9.97 Å². The van der Waals surface area contributed by atoms with Crippen molar-refractivity contribution in [3.8, 4) is 11.5 Å². The number of nitrogens with zero attached hydrogens (tertiary/aromatic N) is 3. The van der Waals surface area contributed by atoms with E-state index in [2.05, 4.69) is 34.1 Å². The van der Waals surface area contributed by atoms with Crippen LogP contribution in [0.2, 0.25) is 0 Å². The Labute approximate surface area is 114 Å². The third kappa shape index (κ3) is 3.83. The number of pyridine rings is 1. The first kappa shape index (κ1) is 13.6. The lowest BCUT2D eigenvalue weighted by atomic mass is 10.2. The summed E-state index contributed by atoms with van der Waals surface area (Å²) in [6, 6.07) is 5.89. The number of nitrogens with one attached hydrogen (secondary N) is 1. The van der Waals surface area contributed by atoms with Crippen LogP contribution in [0, 0.1) is 12.8 Å². The molecule has 2 aromatic rings. The molecule has 0 aliphatic rings. The van der Waals surface area contributed by atoms with Gasteiger partial charge in [0.15, 0.2) is 5.82 Å². The number of aryl methyl sites for hydroxylation is 1. The molecule has 1 N–H and O–H groups in total. The summed E-state index contributed by atoms with van der Waals surface area (Å²) < 4.78 is 0. The highest BCUT2D eigenvalue weighted by Crippen LogP contribution is 2.15. The second-order valence-electron chi connectivity index (χ2n) is 5.07. The van der Waals surface area contributed by atoms with E-state index in [1.165, 1.54) is 0 Å². The van der Waals surface area contributed by atoms with E-state index in [0.717, 1.165) is 30.0 Å². The molecule has 2 aromatic heterocycles. The van der Waals surface area contributed by atoms with E-state index >= 15 is 0 Å². The van der Waals surface area contributed by atoms with E-state index in [9.17, 15) is 0 Å². The largest absolute Gasteiger partial charge is 0.311 e. The minimum Gasteiger partial charge on any atom is -0.311 e. The summed E-state index contributed by atoms with van der Waals surface area (Å²) in [5.41, 5.74) is 2.94. The van der Waals surface area contributed by atoms with Gasteiger partial charge in [0.2, 0.25) is 0 Å². The molecule has 4 nitrogen and oxygen atoms in total. The molecule has 0 bridgehead atoms. The van der Waals surface area contributed by atoms with Crippen LogP contribution >= 0.6 is 0 Å². The summed E-state index contributed by atoms with van der Waals surface area (Å²) in [7, 11) is 0. The minimum atomic E-state index is 0.638. The van der Waals surface area contributed by atoms with Crippen LogP contribution in [0.1, 0.15) is 25.1 Å². The Bertz CT molecular complexity index is 537. The van der Waals surface area contributed by atoms with E-state index in [1.807, 2.05) is 25.1 Å². The summed E-state index contributed by atoms with van der Waals surface area (Å²) >= 11 is 0. The fourth-order valence-corrected chi connectivity index (χ4v) is 1.82. The Morgan fingerprint density at radius 1 is 1.16 bits per heavy atom. The van der Waals surface area contributed by atoms with Gasteiger partial charge >= 0.3 is 0 Å². The van der Waals surface area contributed by atoms with Crippen molar-refractivity contribution in [2.24, 2.45) is 5.92 Å². The highest BCUT2D eigenvalue weighted by atomic mass is 14.9. The van der Waals surface area contributed by atoms with E-state index < -0.39 is 0 Å². The second-order valence-corrected chi connectivity index (χ2v) is 5.07. The first-order valence-corrected chi connectivity index (χ1v) is 6.61. The third-order valence-corrected chi connectivity index (χ3v) is 2.79. The van der Waals surface area contributed by atoms with Crippen molar-refractivity contribution < 1.29 is 0 Å². The molecule has 0 saturated heterocycles. The zero-order valence-electron chi connectivity index (χ0n) is 11.7. The van der Waals surface area contributed by atoms with Gasteiger partial charge in [-0.05, 0) is 37.1 Å². The zero-order valence-corrected chi connectivity index (χ0v) is 11.7. The molecule has 0 saturated carbocycles. The van der Waals surface area contributed by atoms with E-state index in [-0.39, 0.29) is 0 Å². The lowest BCUT2D eigenvalue weighted by Gasteiger charge is -2.08. The van der Waals surface area contributed by atoms with Gasteiger partial charge in [-0.1, -0.05) is 19.9 Å². The van der Waals surface area contributed by atoms with Crippen molar-refractivity contribution in [2.45, 2.75) is 27.3 Å². The van der Waals surface area contributed by atoms with Gasteiger partial charge in [-0.2, -0.15) is 0 Å². The van der Waals surface area contributed by atoms with Crippen LogP contribution in [0.25, 0.3) is 11.5 Å². The normalized spacial score (nSPS) is 10.9. The van der Waals surface area contributed by atoms with E-state index in [4.69, 9.17) is 0 Å².